The fourth-order valence-electron chi connectivity index (χ4n) is 11.4. The van der Waals surface area contributed by atoms with Crippen molar-refractivity contribution in [2.75, 3.05) is 54.1 Å². The lowest BCUT2D eigenvalue weighted by Crippen LogP contribution is -2.49. The lowest BCUT2D eigenvalue weighted by Gasteiger charge is -2.21. The van der Waals surface area contributed by atoms with Crippen molar-refractivity contribution in [1.82, 2.24) is 26.3 Å². The second-order valence-electron chi connectivity index (χ2n) is 24.1. The Morgan fingerprint density at radius 3 is 1.15 bits per heavy atom. The first kappa shape index (κ1) is 77.1. The van der Waals surface area contributed by atoms with Crippen LogP contribution in [0.4, 0.5) is 0 Å². The predicted molar refractivity (Wildman–Crippen MR) is 371 cm³/mol. The van der Waals surface area contributed by atoms with E-state index < -0.39 is 89.6 Å². The third-order valence-corrected chi connectivity index (χ3v) is 16.7. The van der Waals surface area contributed by atoms with E-state index >= 15 is 0 Å². The molecule has 0 saturated heterocycles. The number of hydrogen-bond donors (Lipinski definition) is 12. The van der Waals surface area contributed by atoms with E-state index in [0.717, 1.165) is 16.5 Å². The van der Waals surface area contributed by atoms with Gasteiger partial charge < -0.3 is 85.3 Å². The van der Waals surface area contributed by atoms with Crippen LogP contribution in [-0.2, 0) is 60.9 Å². The molecule has 0 unspecified atom stereocenters. The van der Waals surface area contributed by atoms with Crippen molar-refractivity contribution in [3.8, 4) is 23.0 Å². The Hall–Kier alpha value is -9.86. The lowest BCUT2D eigenvalue weighted by molar-refractivity contribution is -0.128. The second-order valence-corrected chi connectivity index (χ2v) is 24.1. The molecule has 0 bridgehead atoms. The highest BCUT2D eigenvalue weighted by Crippen LogP contribution is 2.28. The molecule has 26 nitrogen and oxygen atoms in total. The molecule has 6 rings (SSSR count). The molecule has 5 aromatic carbocycles. The van der Waals surface area contributed by atoms with E-state index in [9.17, 15) is 47.9 Å². The van der Waals surface area contributed by atoms with Gasteiger partial charge in [0.1, 0.15) is 23.0 Å². The highest BCUT2D eigenvalue weighted by Gasteiger charge is 2.30. The minimum Gasteiger partial charge on any atom is -0.496 e. The number of para-hydroxylation sites is 1. The van der Waals surface area contributed by atoms with Crippen LogP contribution in [-0.4, -0.2) is 148 Å². The van der Waals surface area contributed by atoms with Crippen LogP contribution < -0.4 is 80.4 Å². The summed E-state index contributed by atoms with van der Waals surface area (Å²) in [5.41, 5.74) is 44.0. The molecule has 0 fully saturated rings. The van der Waals surface area contributed by atoms with Crippen LogP contribution >= 0.6 is 0 Å². The summed E-state index contributed by atoms with van der Waals surface area (Å²) >= 11 is 0. The number of ether oxygens (including phenoxy) is 4. The average molecular weight is 1350 g/mol. The number of fused-ring (bicyclic) bond motifs is 1. The number of aromatic amines is 1. The number of nitrogens with one attached hydrogen (secondary N) is 5. The van der Waals surface area contributed by atoms with E-state index in [1.807, 2.05) is 30.5 Å². The van der Waals surface area contributed by atoms with Crippen molar-refractivity contribution in [3.05, 3.63) is 153 Å². The number of aromatic nitrogens is 1. The Kier molecular flexibility index (Phi) is 31.0. The van der Waals surface area contributed by atoms with Crippen LogP contribution in [0.1, 0.15) is 146 Å². The van der Waals surface area contributed by atoms with Crippen molar-refractivity contribution in [3.63, 3.8) is 0 Å². The molecule has 0 spiro atoms. The van der Waals surface area contributed by atoms with Crippen molar-refractivity contribution >= 4 is 69.5 Å². The summed E-state index contributed by atoms with van der Waals surface area (Å²) in [7, 11) is 4.12. The number of H-pyrrole nitrogens is 1. The van der Waals surface area contributed by atoms with Crippen molar-refractivity contribution in [2.24, 2.45) is 40.1 Å². The maximum absolute atomic E-state index is 14.5. The minimum atomic E-state index is -1.12. The van der Waals surface area contributed by atoms with Crippen LogP contribution in [0.3, 0.4) is 0 Å². The molecule has 98 heavy (non-hydrogen) atoms. The van der Waals surface area contributed by atoms with Gasteiger partial charge in [-0.2, -0.15) is 0 Å². The Bertz CT molecular complexity index is 3760. The number of ketones is 4. The van der Waals surface area contributed by atoms with E-state index in [2.05, 4.69) is 26.3 Å². The summed E-state index contributed by atoms with van der Waals surface area (Å²) < 4.78 is 22.1. The molecule has 0 radical (unpaired) electrons. The number of amides is 6. The van der Waals surface area contributed by atoms with E-state index in [4.69, 9.17) is 59.1 Å². The van der Waals surface area contributed by atoms with E-state index in [-0.39, 0.29) is 102 Å². The number of carbonyl (C=O) groups excluding carboxylic acids is 10. The van der Waals surface area contributed by atoms with Gasteiger partial charge in [-0.05, 0) is 192 Å². The van der Waals surface area contributed by atoms with Gasteiger partial charge in [0.25, 0.3) is 29.5 Å². The molecule has 0 saturated carbocycles. The maximum Gasteiger partial charge on any atom is 0.255 e. The number of hydrogen-bond acceptors (Lipinski definition) is 19. The molecule has 19 N–H and O–H groups in total. The molecule has 6 aromatic rings. The lowest BCUT2D eigenvalue weighted by atomic mass is 9.95. The van der Waals surface area contributed by atoms with Gasteiger partial charge in [0, 0.05) is 42.8 Å². The summed E-state index contributed by atoms with van der Waals surface area (Å²) in [6.07, 6.45) is 6.04. The third kappa shape index (κ3) is 22.9. The first-order chi connectivity index (χ1) is 47.1. The SMILES string of the molecule is COc1ccc(CC(=O)[C@H](CCCCN)NC(=O)c2cc(CC(=O)[C@H](CCCCN)NC(=O)c3cc(CC(=O)[C@H](CCCCN)NC(=O)c4cc(CC(=O)[C@H](CCCCN)NC(=O)[C@@H](N)Cc5c[nH]c6ccccc56)ccc4OC)ccc3OC)ccc2OCC(N)=O)cc1C(N)=O. The molecule has 1 heterocycles. The monoisotopic (exact) mass is 1350 g/mol. The third-order valence-electron chi connectivity index (χ3n) is 16.7. The number of methoxy groups -OCH3 is 3. The van der Waals surface area contributed by atoms with E-state index in [1.165, 1.54) is 69.9 Å². The zero-order valence-corrected chi connectivity index (χ0v) is 56.0. The summed E-state index contributed by atoms with van der Waals surface area (Å²) in [6, 6.07) is 20.7. The van der Waals surface area contributed by atoms with Crippen LogP contribution in [0.2, 0.25) is 0 Å². The second kappa shape index (κ2) is 39.4. The maximum atomic E-state index is 14.5. The summed E-state index contributed by atoms with van der Waals surface area (Å²) in [4.78, 5) is 141. The van der Waals surface area contributed by atoms with Crippen molar-refractivity contribution in [1.29, 1.82) is 0 Å². The first-order valence-electron chi connectivity index (χ1n) is 32.9. The summed E-state index contributed by atoms with van der Waals surface area (Å²) in [5.74, 6) is -5.40. The topological polar surface area (TPSA) is 454 Å². The number of unbranched alkanes of at least 4 members (excludes halogenated alkanes) is 4. The van der Waals surface area contributed by atoms with Gasteiger partial charge in [0.05, 0.1) is 73.8 Å². The molecule has 26 heteroatoms. The fraction of sp³-hybridized carbons (Fsp3) is 0.417. The standard InChI is InChI=1S/C72H94N12O14/c1-95-63-24-20-43(32-49(63)68(79)90)36-59(85)57(18-8-12-30-75)83-71(93)52-35-46(23-27-66(52)98-42-67(78)89)39-61(87)56(17-7-11-29-74)82-69(91)50-33-44(21-25-64(50)96-2)37-60(86)55(16-6-10-28-73)81-70(92)51-34-45(22-26-65(51)97-3)38-62(88)58(19-9-13-31-76)84-72(94)53(77)40-47-41-80-54-15-5-4-14-48(47)54/h4-5,14-15,20-27,32-35,41,53,55-58,80H,6-13,16-19,28-31,36-40,42,73-77H2,1-3H3,(H2,78,89)(H2,79,90)(H,81,92)(H,82,91)(H,83,93)(H,84,94)/t53-,55-,56-,57-,58-/m0/s1. The molecular weight excluding hydrogens is 1260 g/mol. The highest BCUT2D eigenvalue weighted by atomic mass is 16.5. The molecule has 526 valence electrons. The Morgan fingerprint density at radius 2 is 0.786 bits per heavy atom. The van der Waals surface area contributed by atoms with Crippen molar-refractivity contribution < 1.29 is 66.9 Å². The minimum absolute atomic E-state index is 0.00511. The first-order valence-corrected chi connectivity index (χ1v) is 32.9. The number of benzene rings is 5. The normalized spacial score (nSPS) is 12.7. The Morgan fingerprint density at radius 1 is 0.439 bits per heavy atom. The van der Waals surface area contributed by atoms with Gasteiger partial charge in [-0.15, -0.1) is 0 Å². The molecule has 0 aliphatic carbocycles. The smallest absolute Gasteiger partial charge is 0.255 e. The zero-order chi connectivity index (χ0) is 71.3. The largest absolute Gasteiger partial charge is 0.496 e. The number of primary amides is 2. The number of rotatable bonds is 45. The van der Waals surface area contributed by atoms with Gasteiger partial charge >= 0.3 is 0 Å². The van der Waals surface area contributed by atoms with Gasteiger partial charge in [-0.1, -0.05) is 42.5 Å². The number of Topliss-reactive ketones (excluding diaryl/α,β-unsaturated/α-hetero) is 4. The van der Waals surface area contributed by atoms with Crippen LogP contribution in [0.5, 0.6) is 23.0 Å². The molecule has 0 aliphatic rings. The zero-order valence-electron chi connectivity index (χ0n) is 56.0. The summed E-state index contributed by atoms with van der Waals surface area (Å²) in [5, 5.41) is 12.3. The highest BCUT2D eigenvalue weighted by molar-refractivity contribution is 6.04. The Labute approximate surface area is 570 Å². The predicted octanol–water partition coefficient (Wildman–Crippen LogP) is 3.57. The molecular formula is C72H94N12O14. The van der Waals surface area contributed by atoms with E-state index in [0.29, 0.717) is 106 Å². The van der Waals surface area contributed by atoms with Gasteiger partial charge in [0.2, 0.25) is 5.91 Å². The van der Waals surface area contributed by atoms with Crippen molar-refractivity contribution in [2.45, 2.75) is 139 Å². The van der Waals surface area contributed by atoms with Crippen LogP contribution in [0.25, 0.3) is 10.9 Å². The summed E-state index contributed by atoms with van der Waals surface area (Å²) in [6.45, 7) is 0.726. The molecule has 0 aliphatic heterocycles. The molecule has 5 atom stereocenters. The van der Waals surface area contributed by atoms with Crippen LogP contribution in [0, 0.1) is 0 Å². The van der Waals surface area contributed by atoms with Gasteiger partial charge in [-0.25, -0.2) is 0 Å². The molecule has 6 amide bonds. The van der Waals surface area contributed by atoms with Gasteiger partial charge in [-0.3, -0.25) is 47.9 Å². The van der Waals surface area contributed by atoms with E-state index in [1.54, 1.807) is 24.3 Å². The number of nitrogens with two attached hydrogens (primary N) is 7. The van der Waals surface area contributed by atoms with Crippen LogP contribution in [0.15, 0.2) is 103 Å². The Balaban J connectivity index is 1.18. The van der Waals surface area contributed by atoms with Gasteiger partial charge in [0.15, 0.2) is 29.7 Å². The average Bonchev–Trinajstić information content (AvgIpc) is 1.32. The fourth-order valence-corrected chi connectivity index (χ4v) is 11.4. The number of carbonyl (C=O) groups is 10. The molecule has 1 aromatic heterocycles. The quantitative estimate of drug-likeness (QED) is 0.0243.